The van der Waals surface area contributed by atoms with E-state index < -0.39 is 11.5 Å². The largest absolute Gasteiger partial charge is 0.480 e. The van der Waals surface area contributed by atoms with Crippen molar-refractivity contribution in [2.45, 2.75) is 61.5 Å². The summed E-state index contributed by atoms with van der Waals surface area (Å²) in [4.78, 5) is 20.1. The molecule has 1 aliphatic rings. The molecule has 0 spiro atoms. The minimum absolute atomic E-state index is 0.155. The Labute approximate surface area is 123 Å². The third-order valence-corrected chi connectivity index (χ3v) is 4.65. The van der Waals surface area contributed by atoms with Crippen LogP contribution in [0.4, 0.5) is 0 Å². The van der Waals surface area contributed by atoms with E-state index in [4.69, 9.17) is 0 Å². The highest BCUT2D eigenvalue weighted by molar-refractivity contribution is 7.99. The minimum atomic E-state index is -0.807. The maximum absolute atomic E-state index is 11.7. The molecular formula is C14H21N3O2S. The zero-order valence-electron chi connectivity index (χ0n) is 11.9. The van der Waals surface area contributed by atoms with E-state index in [0.717, 1.165) is 18.0 Å². The van der Waals surface area contributed by atoms with Crippen molar-refractivity contribution in [3.05, 3.63) is 18.5 Å². The van der Waals surface area contributed by atoms with Crippen LogP contribution in [0.5, 0.6) is 0 Å². The van der Waals surface area contributed by atoms with Gasteiger partial charge in [-0.05, 0) is 45.6 Å². The SMILES string of the molecule is CC(C)NC1(C(=O)O)CCCC(Sc2ncccn2)C1. The van der Waals surface area contributed by atoms with Crippen LogP contribution in [-0.2, 0) is 4.79 Å². The van der Waals surface area contributed by atoms with Crippen LogP contribution in [0.3, 0.4) is 0 Å². The number of thioether (sulfide) groups is 1. The molecule has 110 valence electrons. The van der Waals surface area contributed by atoms with Crippen LogP contribution >= 0.6 is 11.8 Å². The first-order valence-corrected chi connectivity index (χ1v) is 7.84. The van der Waals surface area contributed by atoms with E-state index in [1.807, 2.05) is 13.8 Å². The molecular weight excluding hydrogens is 274 g/mol. The Morgan fingerprint density at radius 3 is 2.80 bits per heavy atom. The van der Waals surface area contributed by atoms with Crippen LogP contribution in [0, 0.1) is 0 Å². The normalized spacial score (nSPS) is 26.6. The van der Waals surface area contributed by atoms with E-state index in [2.05, 4.69) is 15.3 Å². The maximum atomic E-state index is 11.7. The molecule has 6 heteroatoms. The van der Waals surface area contributed by atoms with E-state index in [1.54, 1.807) is 30.2 Å². The number of aromatic nitrogens is 2. The van der Waals surface area contributed by atoms with Crippen LogP contribution < -0.4 is 5.32 Å². The Hall–Kier alpha value is -1.14. The quantitative estimate of drug-likeness (QED) is 0.812. The van der Waals surface area contributed by atoms with Gasteiger partial charge in [-0.3, -0.25) is 10.1 Å². The highest BCUT2D eigenvalue weighted by atomic mass is 32.2. The topological polar surface area (TPSA) is 75.1 Å². The van der Waals surface area contributed by atoms with E-state index in [0.29, 0.717) is 12.8 Å². The van der Waals surface area contributed by atoms with Crippen molar-refractivity contribution in [3.63, 3.8) is 0 Å². The lowest BCUT2D eigenvalue weighted by Gasteiger charge is -2.39. The molecule has 0 aromatic carbocycles. The number of aliphatic carboxylic acids is 1. The van der Waals surface area contributed by atoms with Crippen LogP contribution in [0.15, 0.2) is 23.6 Å². The predicted molar refractivity (Wildman–Crippen MR) is 78.8 cm³/mol. The molecule has 0 radical (unpaired) electrons. The predicted octanol–water partition coefficient (Wildman–Crippen LogP) is 2.33. The summed E-state index contributed by atoms with van der Waals surface area (Å²) in [5.41, 5.74) is -0.807. The summed E-state index contributed by atoms with van der Waals surface area (Å²) >= 11 is 1.59. The van der Waals surface area contributed by atoms with Crippen molar-refractivity contribution >= 4 is 17.7 Å². The molecule has 1 aliphatic carbocycles. The summed E-state index contributed by atoms with van der Waals surface area (Å²) in [5, 5.41) is 13.8. The van der Waals surface area contributed by atoms with Gasteiger partial charge in [-0.25, -0.2) is 9.97 Å². The van der Waals surface area contributed by atoms with Crippen molar-refractivity contribution in [2.24, 2.45) is 0 Å². The number of hydrogen-bond acceptors (Lipinski definition) is 5. The average Bonchev–Trinajstić information content (AvgIpc) is 2.39. The lowest BCUT2D eigenvalue weighted by Crippen LogP contribution is -2.57. The van der Waals surface area contributed by atoms with Gasteiger partial charge in [0, 0.05) is 23.7 Å². The van der Waals surface area contributed by atoms with Crippen molar-refractivity contribution < 1.29 is 9.90 Å². The first-order chi connectivity index (χ1) is 9.52. The monoisotopic (exact) mass is 295 g/mol. The molecule has 0 amide bonds. The fourth-order valence-corrected chi connectivity index (χ4v) is 3.95. The number of carbonyl (C=O) groups is 1. The summed E-state index contributed by atoms with van der Waals surface area (Å²) in [7, 11) is 0. The minimum Gasteiger partial charge on any atom is -0.480 e. The Morgan fingerprint density at radius 1 is 1.50 bits per heavy atom. The number of nitrogens with zero attached hydrogens (tertiary/aromatic N) is 2. The summed E-state index contributed by atoms with van der Waals surface area (Å²) in [6.07, 6.45) is 6.66. The Balaban J connectivity index is 2.08. The summed E-state index contributed by atoms with van der Waals surface area (Å²) in [6, 6.07) is 1.94. The molecule has 1 fully saturated rings. The molecule has 2 N–H and O–H groups in total. The van der Waals surface area contributed by atoms with Gasteiger partial charge in [0.1, 0.15) is 5.54 Å². The third-order valence-electron chi connectivity index (χ3n) is 3.49. The summed E-state index contributed by atoms with van der Waals surface area (Å²) in [5.74, 6) is -0.745. The summed E-state index contributed by atoms with van der Waals surface area (Å²) in [6.45, 7) is 3.98. The summed E-state index contributed by atoms with van der Waals surface area (Å²) < 4.78 is 0. The zero-order valence-corrected chi connectivity index (χ0v) is 12.7. The van der Waals surface area contributed by atoms with Gasteiger partial charge >= 0.3 is 5.97 Å². The highest BCUT2D eigenvalue weighted by Gasteiger charge is 2.43. The number of hydrogen-bond donors (Lipinski definition) is 2. The van der Waals surface area contributed by atoms with Crippen molar-refractivity contribution in [1.29, 1.82) is 0 Å². The van der Waals surface area contributed by atoms with Crippen LogP contribution in [-0.4, -0.2) is 37.9 Å². The molecule has 2 unspecified atom stereocenters. The van der Waals surface area contributed by atoms with Crippen molar-refractivity contribution in [2.75, 3.05) is 0 Å². The molecule has 1 heterocycles. The van der Waals surface area contributed by atoms with Crippen LogP contribution in [0.25, 0.3) is 0 Å². The second-order valence-corrected chi connectivity index (χ2v) is 6.82. The van der Waals surface area contributed by atoms with Gasteiger partial charge in [0.05, 0.1) is 0 Å². The molecule has 0 bridgehead atoms. The van der Waals surface area contributed by atoms with Crippen molar-refractivity contribution in [1.82, 2.24) is 15.3 Å². The first-order valence-electron chi connectivity index (χ1n) is 6.96. The van der Waals surface area contributed by atoms with Gasteiger partial charge < -0.3 is 5.11 Å². The number of carboxylic acids is 1. The number of nitrogens with one attached hydrogen (secondary N) is 1. The molecule has 1 saturated carbocycles. The third kappa shape index (κ3) is 3.70. The van der Waals surface area contributed by atoms with E-state index in [9.17, 15) is 9.90 Å². The van der Waals surface area contributed by atoms with Gasteiger partial charge in [-0.2, -0.15) is 0 Å². The molecule has 2 atom stereocenters. The van der Waals surface area contributed by atoms with Crippen LogP contribution in [0.1, 0.15) is 39.5 Å². The first kappa shape index (κ1) is 15.3. The molecule has 1 aromatic rings. The Bertz CT molecular complexity index is 455. The van der Waals surface area contributed by atoms with E-state index >= 15 is 0 Å². The average molecular weight is 295 g/mol. The number of carboxylic acid groups (broad SMARTS) is 1. The highest BCUT2D eigenvalue weighted by Crippen LogP contribution is 2.37. The second kappa shape index (κ2) is 6.54. The van der Waals surface area contributed by atoms with Crippen LogP contribution in [0.2, 0.25) is 0 Å². The standard InChI is InChI=1S/C14H21N3O2S/c1-10(2)17-14(12(18)19)6-3-5-11(9-14)20-13-15-7-4-8-16-13/h4,7-8,10-11,17H,3,5-6,9H2,1-2H3,(H,18,19). The molecule has 20 heavy (non-hydrogen) atoms. The second-order valence-electron chi connectivity index (χ2n) is 5.55. The maximum Gasteiger partial charge on any atom is 0.323 e. The van der Waals surface area contributed by atoms with Crippen molar-refractivity contribution in [3.8, 4) is 0 Å². The van der Waals surface area contributed by atoms with Gasteiger partial charge in [-0.1, -0.05) is 11.8 Å². The van der Waals surface area contributed by atoms with Gasteiger partial charge in [0.15, 0.2) is 5.16 Å². The molecule has 2 rings (SSSR count). The molecule has 0 saturated heterocycles. The Morgan fingerprint density at radius 2 is 2.20 bits per heavy atom. The van der Waals surface area contributed by atoms with Gasteiger partial charge in [0.2, 0.25) is 0 Å². The Kier molecular flexibility index (Phi) is 4.99. The van der Waals surface area contributed by atoms with Gasteiger partial charge in [0.25, 0.3) is 0 Å². The molecule has 1 aromatic heterocycles. The smallest absolute Gasteiger partial charge is 0.323 e. The number of rotatable bonds is 5. The molecule has 0 aliphatic heterocycles. The van der Waals surface area contributed by atoms with E-state index in [1.165, 1.54) is 0 Å². The lowest BCUT2D eigenvalue weighted by molar-refractivity contribution is -0.146. The van der Waals surface area contributed by atoms with Gasteiger partial charge in [-0.15, -0.1) is 0 Å². The lowest BCUT2D eigenvalue weighted by atomic mass is 9.81. The fraction of sp³-hybridized carbons (Fsp3) is 0.643. The van der Waals surface area contributed by atoms with E-state index in [-0.39, 0.29) is 11.3 Å². The molecule has 5 nitrogen and oxygen atoms in total. The zero-order chi connectivity index (χ0) is 14.6. The fourth-order valence-electron chi connectivity index (χ4n) is 2.76.